The molecular formula is C16H24N2O3S. The van der Waals surface area contributed by atoms with E-state index in [4.69, 9.17) is 9.52 Å². The van der Waals surface area contributed by atoms with E-state index in [0.29, 0.717) is 10.6 Å². The van der Waals surface area contributed by atoms with Gasteiger partial charge in [0.05, 0.1) is 9.73 Å². The molecule has 1 aromatic carbocycles. The van der Waals surface area contributed by atoms with Crippen LogP contribution >= 0.6 is 0 Å². The van der Waals surface area contributed by atoms with Crippen molar-refractivity contribution in [1.29, 1.82) is 4.78 Å². The Morgan fingerprint density at radius 2 is 1.95 bits per heavy atom. The van der Waals surface area contributed by atoms with E-state index >= 15 is 0 Å². The van der Waals surface area contributed by atoms with E-state index in [0.717, 1.165) is 25.7 Å². The number of hydrogen-bond donors (Lipinski definition) is 2. The fourth-order valence-corrected chi connectivity index (χ4v) is 4.56. The Morgan fingerprint density at radius 3 is 2.55 bits per heavy atom. The van der Waals surface area contributed by atoms with Gasteiger partial charge in [-0.2, -0.15) is 0 Å². The molecule has 0 heterocycles. The summed E-state index contributed by atoms with van der Waals surface area (Å²) in [5, 5.41) is 2.55. The minimum atomic E-state index is -2.82. The summed E-state index contributed by atoms with van der Waals surface area (Å²) in [5.41, 5.74) is -0.0705. The van der Waals surface area contributed by atoms with E-state index in [1.165, 1.54) is 0 Å². The highest BCUT2D eigenvalue weighted by molar-refractivity contribution is 7.93. The predicted molar refractivity (Wildman–Crippen MR) is 87.7 cm³/mol. The zero-order valence-electron chi connectivity index (χ0n) is 13.3. The summed E-state index contributed by atoms with van der Waals surface area (Å²) < 4.78 is 26.2. The van der Waals surface area contributed by atoms with Gasteiger partial charge in [0.2, 0.25) is 0 Å². The first-order chi connectivity index (χ1) is 10.2. The second kappa shape index (κ2) is 6.28. The molecule has 1 atom stereocenters. The van der Waals surface area contributed by atoms with Crippen LogP contribution in [0.1, 0.15) is 46.5 Å². The van der Waals surface area contributed by atoms with Gasteiger partial charge in [-0.25, -0.2) is 13.8 Å². The van der Waals surface area contributed by atoms with Gasteiger partial charge in [-0.3, -0.25) is 5.32 Å². The first-order valence-corrected chi connectivity index (χ1v) is 9.18. The number of anilines is 1. The molecular weight excluding hydrogens is 300 g/mol. The summed E-state index contributed by atoms with van der Waals surface area (Å²) in [7, 11) is -2.82. The van der Waals surface area contributed by atoms with Gasteiger partial charge in [0.25, 0.3) is 0 Å². The minimum Gasteiger partial charge on any atom is -0.444 e. The lowest BCUT2D eigenvalue weighted by Gasteiger charge is -2.20. The molecule has 1 unspecified atom stereocenters. The number of ether oxygens (including phenoxy) is 1. The second-order valence-electron chi connectivity index (χ2n) is 6.66. The van der Waals surface area contributed by atoms with Crippen molar-refractivity contribution in [1.82, 2.24) is 0 Å². The van der Waals surface area contributed by atoms with Crippen LogP contribution in [0.3, 0.4) is 0 Å². The molecule has 2 N–H and O–H groups in total. The van der Waals surface area contributed by atoms with Gasteiger partial charge in [-0.1, -0.05) is 18.9 Å². The molecule has 1 amide bonds. The van der Waals surface area contributed by atoms with Crippen LogP contribution in [-0.4, -0.2) is 21.2 Å². The van der Waals surface area contributed by atoms with Crippen molar-refractivity contribution < 1.29 is 13.7 Å². The molecule has 5 nitrogen and oxygen atoms in total. The molecule has 1 aliphatic rings. The molecule has 22 heavy (non-hydrogen) atoms. The highest BCUT2D eigenvalue weighted by atomic mass is 32.2. The molecule has 122 valence electrons. The second-order valence-corrected chi connectivity index (χ2v) is 9.00. The fraction of sp³-hybridized carbons (Fsp3) is 0.562. The third-order valence-corrected chi connectivity index (χ3v) is 5.97. The molecule has 0 radical (unpaired) electrons. The quantitative estimate of drug-likeness (QED) is 0.865. The maximum absolute atomic E-state index is 12.8. The highest BCUT2D eigenvalue weighted by Gasteiger charge is 2.27. The summed E-state index contributed by atoms with van der Waals surface area (Å²) >= 11 is 0. The number of hydrogen-bond acceptors (Lipinski definition) is 4. The Labute approximate surface area is 132 Å². The molecule has 1 aliphatic carbocycles. The molecule has 6 heteroatoms. The van der Waals surface area contributed by atoms with Crippen molar-refractivity contribution in [2.24, 2.45) is 0 Å². The number of carbonyl (C=O) groups excluding carboxylic acids is 1. The third-order valence-electron chi connectivity index (χ3n) is 3.60. The lowest BCUT2D eigenvalue weighted by Crippen LogP contribution is -2.27. The largest absolute Gasteiger partial charge is 0.444 e. The molecule has 0 spiro atoms. The van der Waals surface area contributed by atoms with Crippen LogP contribution in [0, 0.1) is 4.78 Å². The van der Waals surface area contributed by atoms with Gasteiger partial charge in [0, 0.05) is 15.8 Å². The maximum atomic E-state index is 12.8. The normalized spacial score (nSPS) is 18.7. The Morgan fingerprint density at radius 1 is 1.32 bits per heavy atom. The lowest BCUT2D eigenvalue weighted by atomic mass is 10.2. The van der Waals surface area contributed by atoms with E-state index in [2.05, 4.69) is 5.32 Å². The Balaban J connectivity index is 2.15. The first-order valence-electron chi connectivity index (χ1n) is 7.56. The number of amides is 1. The highest BCUT2D eigenvalue weighted by Crippen LogP contribution is 2.31. The number of rotatable bonds is 3. The smallest absolute Gasteiger partial charge is 0.412 e. The van der Waals surface area contributed by atoms with Crippen molar-refractivity contribution in [3.8, 4) is 0 Å². The number of nitrogens with one attached hydrogen (secondary N) is 2. The third kappa shape index (κ3) is 4.22. The molecule has 1 fully saturated rings. The molecule has 2 rings (SSSR count). The predicted octanol–water partition coefficient (Wildman–Crippen LogP) is 4.38. The zero-order valence-corrected chi connectivity index (χ0v) is 14.2. The zero-order chi connectivity index (χ0) is 16.4. The molecule has 1 saturated carbocycles. The topological polar surface area (TPSA) is 79.2 Å². The van der Waals surface area contributed by atoms with Crippen molar-refractivity contribution in [2.75, 3.05) is 5.32 Å². The van der Waals surface area contributed by atoms with Crippen LogP contribution < -0.4 is 5.32 Å². The van der Waals surface area contributed by atoms with E-state index in [9.17, 15) is 9.00 Å². The molecule has 0 saturated heterocycles. The Kier molecular flexibility index (Phi) is 4.80. The van der Waals surface area contributed by atoms with E-state index < -0.39 is 21.4 Å². The minimum absolute atomic E-state index is 0.0794. The van der Waals surface area contributed by atoms with Crippen LogP contribution in [0.15, 0.2) is 29.2 Å². The summed E-state index contributed by atoms with van der Waals surface area (Å²) in [4.78, 5) is 12.3. The van der Waals surface area contributed by atoms with Crippen LogP contribution in [0.2, 0.25) is 0 Å². The number of carbonyl (C=O) groups is 1. The van der Waals surface area contributed by atoms with Crippen LogP contribution in [0.5, 0.6) is 0 Å². The summed E-state index contributed by atoms with van der Waals surface area (Å²) in [5.74, 6) is 0. The Hall–Kier alpha value is -1.56. The van der Waals surface area contributed by atoms with E-state index in [1.54, 1.807) is 45.0 Å². The van der Waals surface area contributed by atoms with Gasteiger partial charge in [-0.05, 0) is 51.8 Å². The Bertz CT molecular complexity index is 642. The monoisotopic (exact) mass is 324 g/mol. The molecule has 0 aromatic heterocycles. The van der Waals surface area contributed by atoms with Crippen molar-refractivity contribution in [3.63, 3.8) is 0 Å². The maximum Gasteiger partial charge on any atom is 0.412 e. The SMILES string of the molecule is CC(C)(C)OC(=O)Nc1cccc(S(=N)(=O)C2CCCC2)c1. The molecule has 1 aromatic rings. The van der Waals surface area contributed by atoms with Gasteiger partial charge >= 0.3 is 6.09 Å². The standard InChI is InChI=1S/C16H24N2O3S/c1-16(2,3)21-15(19)18-12-7-6-10-14(11-12)22(17,20)13-8-4-5-9-13/h6-7,10-11,13,17H,4-5,8-9H2,1-3H3,(H,18,19). The summed E-state index contributed by atoms with van der Waals surface area (Å²) in [6, 6.07) is 6.74. The number of benzene rings is 1. The van der Waals surface area contributed by atoms with Gasteiger partial charge < -0.3 is 4.74 Å². The van der Waals surface area contributed by atoms with Crippen molar-refractivity contribution in [3.05, 3.63) is 24.3 Å². The van der Waals surface area contributed by atoms with Gasteiger partial charge in [-0.15, -0.1) is 0 Å². The van der Waals surface area contributed by atoms with Crippen molar-refractivity contribution in [2.45, 2.75) is 62.2 Å². The first kappa shape index (κ1) is 16.8. The van der Waals surface area contributed by atoms with E-state index in [-0.39, 0.29) is 5.25 Å². The van der Waals surface area contributed by atoms with Crippen LogP contribution in [-0.2, 0) is 14.5 Å². The van der Waals surface area contributed by atoms with Gasteiger partial charge in [0.15, 0.2) is 0 Å². The molecule has 0 bridgehead atoms. The lowest BCUT2D eigenvalue weighted by molar-refractivity contribution is 0.0636. The summed E-state index contributed by atoms with van der Waals surface area (Å²) in [6.45, 7) is 5.37. The van der Waals surface area contributed by atoms with E-state index in [1.807, 2.05) is 0 Å². The fourth-order valence-electron chi connectivity index (χ4n) is 2.60. The average Bonchev–Trinajstić information content (AvgIpc) is 2.91. The van der Waals surface area contributed by atoms with Crippen LogP contribution in [0.4, 0.5) is 10.5 Å². The van der Waals surface area contributed by atoms with Crippen molar-refractivity contribution >= 4 is 21.5 Å². The average molecular weight is 324 g/mol. The molecule has 0 aliphatic heterocycles. The summed E-state index contributed by atoms with van der Waals surface area (Å²) in [6.07, 6.45) is 3.20. The van der Waals surface area contributed by atoms with Crippen LogP contribution in [0.25, 0.3) is 0 Å². The van der Waals surface area contributed by atoms with Gasteiger partial charge in [0.1, 0.15) is 5.60 Å².